The van der Waals surface area contributed by atoms with E-state index < -0.39 is 0 Å². The maximum Gasteiger partial charge on any atom is 0.0166 e. The second kappa shape index (κ2) is 11.2. The summed E-state index contributed by atoms with van der Waals surface area (Å²) in [6, 6.07) is 8.76. The van der Waals surface area contributed by atoms with Crippen LogP contribution in [0, 0.1) is 0 Å². The van der Waals surface area contributed by atoms with Gasteiger partial charge in [-0.15, -0.1) is 0 Å². The number of rotatable bonds is 10. The molecule has 2 nitrogen and oxygen atoms in total. The SMILES string of the molecule is CCN(CC)C/C=C/c1ccc(/C=C/CN(CC)CC)cc1. The number of hydrogen-bond donors (Lipinski definition) is 0. The number of hydrogen-bond acceptors (Lipinski definition) is 2. The van der Waals surface area contributed by atoms with Crippen molar-refractivity contribution in [2.45, 2.75) is 27.7 Å². The van der Waals surface area contributed by atoms with Crippen molar-refractivity contribution in [1.29, 1.82) is 0 Å². The van der Waals surface area contributed by atoms with Crippen LogP contribution >= 0.6 is 0 Å². The van der Waals surface area contributed by atoms with Crippen molar-refractivity contribution in [1.82, 2.24) is 9.80 Å². The first-order valence-electron chi connectivity index (χ1n) is 8.61. The highest BCUT2D eigenvalue weighted by molar-refractivity contribution is 5.55. The number of likely N-dealkylation sites (N-methyl/N-ethyl adjacent to an activating group) is 2. The molecular formula is C20H32N2. The Morgan fingerprint density at radius 1 is 0.636 bits per heavy atom. The molecule has 0 aromatic heterocycles. The van der Waals surface area contributed by atoms with Gasteiger partial charge in [-0.05, 0) is 37.3 Å². The lowest BCUT2D eigenvalue weighted by atomic mass is 10.1. The molecule has 0 fully saturated rings. The summed E-state index contributed by atoms with van der Waals surface area (Å²) in [5.41, 5.74) is 2.54. The summed E-state index contributed by atoms with van der Waals surface area (Å²) in [5, 5.41) is 0. The van der Waals surface area contributed by atoms with Crippen LogP contribution in [0.15, 0.2) is 36.4 Å². The summed E-state index contributed by atoms with van der Waals surface area (Å²) in [6.45, 7) is 15.3. The van der Waals surface area contributed by atoms with E-state index in [0.29, 0.717) is 0 Å². The summed E-state index contributed by atoms with van der Waals surface area (Å²) in [4.78, 5) is 4.81. The standard InChI is InChI=1S/C20H32N2/c1-5-21(6-2)17-9-11-19-13-15-20(16-14-19)12-10-18-22(7-3)8-4/h9-16H,5-8,17-18H2,1-4H3/b11-9+,12-10+. The van der Waals surface area contributed by atoms with Gasteiger partial charge in [0.25, 0.3) is 0 Å². The van der Waals surface area contributed by atoms with Crippen molar-refractivity contribution in [3.8, 4) is 0 Å². The van der Waals surface area contributed by atoms with Gasteiger partial charge in [-0.1, -0.05) is 76.3 Å². The fourth-order valence-electron chi connectivity index (χ4n) is 2.36. The van der Waals surface area contributed by atoms with Crippen molar-refractivity contribution in [3.05, 3.63) is 47.5 Å². The van der Waals surface area contributed by atoms with E-state index in [1.54, 1.807) is 0 Å². The molecule has 0 saturated heterocycles. The Morgan fingerprint density at radius 2 is 0.955 bits per heavy atom. The molecule has 0 saturated carbocycles. The molecule has 0 N–H and O–H groups in total. The quantitative estimate of drug-likeness (QED) is 0.632. The van der Waals surface area contributed by atoms with Crippen LogP contribution in [0.3, 0.4) is 0 Å². The molecule has 1 aromatic rings. The van der Waals surface area contributed by atoms with Crippen LogP contribution in [0.2, 0.25) is 0 Å². The molecule has 0 aliphatic heterocycles. The fraction of sp³-hybridized carbons (Fsp3) is 0.500. The van der Waals surface area contributed by atoms with Crippen LogP contribution in [0.25, 0.3) is 12.2 Å². The molecular weight excluding hydrogens is 268 g/mol. The van der Waals surface area contributed by atoms with Crippen LogP contribution in [0.5, 0.6) is 0 Å². The molecule has 0 heterocycles. The van der Waals surface area contributed by atoms with Gasteiger partial charge in [0.1, 0.15) is 0 Å². The van der Waals surface area contributed by atoms with Crippen LogP contribution in [0.4, 0.5) is 0 Å². The molecule has 1 rings (SSSR count). The molecule has 122 valence electrons. The van der Waals surface area contributed by atoms with Gasteiger partial charge in [-0.3, -0.25) is 0 Å². The van der Waals surface area contributed by atoms with Gasteiger partial charge in [-0.2, -0.15) is 0 Å². The highest BCUT2D eigenvalue weighted by Gasteiger charge is 1.95. The topological polar surface area (TPSA) is 6.48 Å². The highest BCUT2D eigenvalue weighted by atomic mass is 15.1. The molecule has 0 bridgehead atoms. The zero-order valence-corrected chi connectivity index (χ0v) is 14.8. The molecule has 22 heavy (non-hydrogen) atoms. The average Bonchev–Trinajstić information content (AvgIpc) is 2.57. The van der Waals surface area contributed by atoms with E-state index in [1.165, 1.54) is 11.1 Å². The van der Waals surface area contributed by atoms with Crippen molar-refractivity contribution in [2.75, 3.05) is 39.3 Å². The number of benzene rings is 1. The van der Waals surface area contributed by atoms with Crippen molar-refractivity contribution in [2.24, 2.45) is 0 Å². The molecule has 1 aromatic carbocycles. The van der Waals surface area contributed by atoms with E-state index in [2.05, 4.69) is 86.1 Å². The zero-order valence-electron chi connectivity index (χ0n) is 14.8. The minimum absolute atomic E-state index is 1.03. The van der Waals surface area contributed by atoms with E-state index in [9.17, 15) is 0 Å². The highest BCUT2D eigenvalue weighted by Crippen LogP contribution is 2.08. The molecule has 0 radical (unpaired) electrons. The Labute approximate surface area is 137 Å². The van der Waals surface area contributed by atoms with Crippen molar-refractivity contribution >= 4 is 12.2 Å². The van der Waals surface area contributed by atoms with Gasteiger partial charge in [0.05, 0.1) is 0 Å². The lowest BCUT2D eigenvalue weighted by molar-refractivity contribution is 0.338. The summed E-state index contributed by atoms with van der Waals surface area (Å²) >= 11 is 0. The smallest absolute Gasteiger partial charge is 0.0166 e. The van der Waals surface area contributed by atoms with Gasteiger partial charge in [0.15, 0.2) is 0 Å². The largest absolute Gasteiger partial charge is 0.300 e. The summed E-state index contributed by atoms with van der Waals surface area (Å²) in [5.74, 6) is 0. The third kappa shape index (κ3) is 7.06. The fourth-order valence-corrected chi connectivity index (χ4v) is 2.36. The minimum atomic E-state index is 1.03. The molecule has 0 aliphatic rings. The van der Waals surface area contributed by atoms with E-state index in [0.717, 1.165) is 39.3 Å². The molecule has 2 heteroatoms. The first-order valence-corrected chi connectivity index (χ1v) is 8.61. The Hall–Kier alpha value is -1.38. The third-order valence-electron chi connectivity index (χ3n) is 4.07. The van der Waals surface area contributed by atoms with Crippen LogP contribution in [0.1, 0.15) is 38.8 Å². The maximum absolute atomic E-state index is 2.40. The predicted molar refractivity (Wildman–Crippen MR) is 100 cm³/mol. The van der Waals surface area contributed by atoms with Crippen molar-refractivity contribution < 1.29 is 0 Å². The van der Waals surface area contributed by atoms with E-state index in [4.69, 9.17) is 0 Å². The van der Waals surface area contributed by atoms with Gasteiger partial charge in [0, 0.05) is 13.1 Å². The van der Waals surface area contributed by atoms with E-state index >= 15 is 0 Å². The molecule has 0 unspecified atom stereocenters. The van der Waals surface area contributed by atoms with Crippen LogP contribution in [-0.4, -0.2) is 49.1 Å². The van der Waals surface area contributed by atoms with Crippen molar-refractivity contribution in [3.63, 3.8) is 0 Å². The average molecular weight is 300 g/mol. The second-order valence-corrected chi connectivity index (χ2v) is 5.44. The molecule has 0 amide bonds. The maximum atomic E-state index is 2.40. The minimum Gasteiger partial charge on any atom is -0.300 e. The summed E-state index contributed by atoms with van der Waals surface area (Å²) in [6.07, 6.45) is 8.92. The molecule has 0 spiro atoms. The Kier molecular flexibility index (Phi) is 9.52. The first-order chi connectivity index (χ1) is 10.7. The monoisotopic (exact) mass is 300 g/mol. The summed E-state index contributed by atoms with van der Waals surface area (Å²) < 4.78 is 0. The van der Waals surface area contributed by atoms with Gasteiger partial charge in [-0.25, -0.2) is 0 Å². The van der Waals surface area contributed by atoms with Crippen LogP contribution in [-0.2, 0) is 0 Å². The van der Waals surface area contributed by atoms with Gasteiger partial charge in [0.2, 0.25) is 0 Å². The lowest BCUT2D eigenvalue weighted by Crippen LogP contribution is -2.22. The third-order valence-corrected chi connectivity index (χ3v) is 4.07. The second-order valence-electron chi connectivity index (χ2n) is 5.44. The zero-order chi connectivity index (χ0) is 16.2. The Balaban J connectivity index is 2.49. The van der Waals surface area contributed by atoms with E-state index in [-0.39, 0.29) is 0 Å². The Bertz CT molecular complexity index is 394. The lowest BCUT2D eigenvalue weighted by Gasteiger charge is -2.14. The molecule has 0 atom stereocenters. The van der Waals surface area contributed by atoms with Gasteiger partial charge < -0.3 is 9.80 Å². The normalized spacial score (nSPS) is 12.3. The Morgan fingerprint density at radius 3 is 1.23 bits per heavy atom. The van der Waals surface area contributed by atoms with E-state index in [1.807, 2.05) is 0 Å². The van der Waals surface area contributed by atoms with Gasteiger partial charge >= 0.3 is 0 Å². The number of nitrogens with zero attached hydrogens (tertiary/aromatic N) is 2. The molecule has 0 aliphatic carbocycles. The first kappa shape index (κ1) is 18.7. The summed E-state index contributed by atoms with van der Waals surface area (Å²) in [7, 11) is 0. The predicted octanol–water partition coefficient (Wildman–Crippen LogP) is 4.40. The van der Waals surface area contributed by atoms with Crippen LogP contribution < -0.4 is 0 Å².